The zero-order valence-corrected chi connectivity index (χ0v) is 9.99. The van der Waals surface area contributed by atoms with Crippen LogP contribution in [0.4, 0.5) is 5.69 Å². The quantitative estimate of drug-likeness (QED) is 0.813. The van der Waals surface area contributed by atoms with Crippen molar-refractivity contribution in [2.75, 3.05) is 18.0 Å². The lowest BCUT2D eigenvalue weighted by molar-refractivity contribution is 0.949. The van der Waals surface area contributed by atoms with E-state index in [2.05, 4.69) is 22.0 Å². The Morgan fingerprint density at radius 3 is 2.71 bits per heavy atom. The van der Waals surface area contributed by atoms with E-state index in [4.69, 9.17) is 0 Å². The van der Waals surface area contributed by atoms with Crippen LogP contribution in [-0.4, -0.2) is 18.1 Å². The van der Waals surface area contributed by atoms with Crippen molar-refractivity contribution >= 4 is 16.6 Å². The first kappa shape index (κ1) is 10.4. The molecule has 1 aromatic carbocycles. The number of benzene rings is 1. The molecule has 0 atom stereocenters. The minimum Gasteiger partial charge on any atom is -0.372 e. The van der Waals surface area contributed by atoms with E-state index in [1.54, 1.807) is 6.07 Å². The fraction of sp³-hybridized carbons (Fsp3) is 0.357. The summed E-state index contributed by atoms with van der Waals surface area (Å²) in [5.74, 6) is 0. The summed E-state index contributed by atoms with van der Waals surface area (Å²) in [7, 11) is 0. The second kappa shape index (κ2) is 3.91. The lowest BCUT2D eigenvalue weighted by Crippen LogP contribution is -2.17. The maximum Gasteiger partial charge on any atom is 0.248 e. The average Bonchev–Trinajstić information content (AvgIpc) is 2.82. The molecule has 3 rings (SSSR count). The fourth-order valence-corrected chi connectivity index (χ4v) is 2.58. The molecule has 0 spiro atoms. The number of hydrogen-bond donors (Lipinski definition) is 1. The van der Waals surface area contributed by atoms with Gasteiger partial charge in [-0.2, -0.15) is 0 Å². The van der Waals surface area contributed by atoms with Crippen LogP contribution in [0.25, 0.3) is 10.9 Å². The van der Waals surface area contributed by atoms with Crippen LogP contribution < -0.4 is 10.5 Å². The SMILES string of the molecule is Cc1cc(=O)[nH]c2ccc(N3CCCC3)cc12. The molecule has 0 aliphatic carbocycles. The number of fused-ring (bicyclic) bond motifs is 1. The third-order valence-corrected chi connectivity index (χ3v) is 3.50. The van der Waals surface area contributed by atoms with Crippen molar-refractivity contribution in [1.82, 2.24) is 4.98 Å². The second-order valence-electron chi connectivity index (χ2n) is 4.74. The van der Waals surface area contributed by atoms with Crippen molar-refractivity contribution in [2.45, 2.75) is 19.8 Å². The minimum absolute atomic E-state index is 0.0241. The van der Waals surface area contributed by atoms with Crippen molar-refractivity contribution in [2.24, 2.45) is 0 Å². The highest BCUT2D eigenvalue weighted by Crippen LogP contribution is 2.25. The first-order valence-electron chi connectivity index (χ1n) is 6.13. The number of anilines is 1. The van der Waals surface area contributed by atoms with Gasteiger partial charge in [0, 0.05) is 35.7 Å². The van der Waals surface area contributed by atoms with Gasteiger partial charge in [0.05, 0.1) is 0 Å². The average molecular weight is 228 g/mol. The number of aryl methyl sites for hydroxylation is 1. The molecule has 1 fully saturated rings. The highest BCUT2D eigenvalue weighted by atomic mass is 16.1. The standard InChI is InChI=1S/C14H16N2O/c1-10-8-14(17)15-13-5-4-11(9-12(10)13)16-6-2-3-7-16/h4-5,8-9H,2-3,6-7H2,1H3,(H,15,17). The van der Waals surface area contributed by atoms with Gasteiger partial charge in [0.2, 0.25) is 5.56 Å². The molecule has 2 heterocycles. The summed E-state index contributed by atoms with van der Waals surface area (Å²) < 4.78 is 0. The smallest absolute Gasteiger partial charge is 0.248 e. The van der Waals surface area contributed by atoms with Crippen LogP contribution in [0.3, 0.4) is 0 Å². The highest BCUT2D eigenvalue weighted by Gasteiger charge is 2.12. The summed E-state index contributed by atoms with van der Waals surface area (Å²) in [4.78, 5) is 16.7. The highest BCUT2D eigenvalue weighted by molar-refractivity contribution is 5.85. The molecule has 3 heteroatoms. The Labute approximate surface area is 100 Å². The molecule has 1 aliphatic heterocycles. The number of nitrogens with zero attached hydrogens (tertiary/aromatic N) is 1. The Morgan fingerprint density at radius 2 is 1.94 bits per heavy atom. The van der Waals surface area contributed by atoms with Gasteiger partial charge in [-0.15, -0.1) is 0 Å². The summed E-state index contributed by atoms with van der Waals surface area (Å²) in [5, 5.41) is 1.15. The molecule has 1 N–H and O–H groups in total. The van der Waals surface area contributed by atoms with Gasteiger partial charge in [-0.1, -0.05) is 0 Å². The van der Waals surface area contributed by atoms with E-state index in [1.165, 1.54) is 18.5 Å². The Bertz CT molecular complexity index is 609. The molecule has 3 nitrogen and oxygen atoms in total. The molecule has 1 saturated heterocycles. The van der Waals surface area contributed by atoms with Gasteiger partial charge in [0.25, 0.3) is 0 Å². The number of rotatable bonds is 1. The summed E-state index contributed by atoms with van der Waals surface area (Å²) in [6, 6.07) is 7.96. The van der Waals surface area contributed by atoms with E-state index in [0.29, 0.717) is 0 Å². The number of aromatic amines is 1. The Kier molecular flexibility index (Phi) is 2.39. The normalized spacial score (nSPS) is 15.7. The molecule has 0 radical (unpaired) electrons. The molecule has 1 aliphatic rings. The molecular weight excluding hydrogens is 212 g/mol. The van der Waals surface area contributed by atoms with Crippen molar-refractivity contribution in [3.05, 3.63) is 40.2 Å². The van der Waals surface area contributed by atoms with Crippen LogP contribution in [0.2, 0.25) is 0 Å². The zero-order chi connectivity index (χ0) is 11.8. The molecule has 17 heavy (non-hydrogen) atoms. The van der Waals surface area contributed by atoms with Crippen LogP contribution in [0.1, 0.15) is 18.4 Å². The summed E-state index contributed by atoms with van der Waals surface area (Å²) >= 11 is 0. The summed E-state index contributed by atoms with van der Waals surface area (Å²) in [5.41, 5.74) is 3.22. The van der Waals surface area contributed by atoms with Gasteiger partial charge >= 0.3 is 0 Å². The fourth-order valence-electron chi connectivity index (χ4n) is 2.58. The Hall–Kier alpha value is -1.77. The number of hydrogen-bond acceptors (Lipinski definition) is 2. The minimum atomic E-state index is -0.0241. The summed E-state index contributed by atoms with van der Waals surface area (Å²) in [6.45, 7) is 4.28. The van der Waals surface area contributed by atoms with Crippen LogP contribution in [0.15, 0.2) is 29.1 Å². The Balaban J connectivity index is 2.15. The van der Waals surface area contributed by atoms with Crippen molar-refractivity contribution < 1.29 is 0 Å². The molecular formula is C14H16N2O. The van der Waals surface area contributed by atoms with E-state index >= 15 is 0 Å². The molecule has 0 amide bonds. The first-order valence-corrected chi connectivity index (χ1v) is 6.13. The van der Waals surface area contributed by atoms with Gasteiger partial charge in [0.15, 0.2) is 0 Å². The number of aromatic nitrogens is 1. The summed E-state index contributed by atoms with van der Waals surface area (Å²) in [6.07, 6.45) is 2.56. The van der Waals surface area contributed by atoms with E-state index < -0.39 is 0 Å². The maximum absolute atomic E-state index is 11.4. The number of nitrogens with one attached hydrogen (secondary N) is 1. The van der Waals surface area contributed by atoms with Crippen LogP contribution in [-0.2, 0) is 0 Å². The van der Waals surface area contributed by atoms with Crippen LogP contribution in [0.5, 0.6) is 0 Å². The topological polar surface area (TPSA) is 36.1 Å². The predicted octanol–water partition coefficient (Wildman–Crippen LogP) is 2.44. The van der Waals surface area contributed by atoms with Crippen molar-refractivity contribution in [3.8, 4) is 0 Å². The van der Waals surface area contributed by atoms with Crippen molar-refractivity contribution in [1.29, 1.82) is 0 Å². The van der Waals surface area contributed by atoms with Gasteiger partial charge in [-0.25, -0.2) is 0 Å². The molecule has 0 bridgehead atoms. The van der Waals surface area contributed by atoms with E-state index in [1.807, 2.05) is 13.0 Å². The molecule has 2 aromatic rings. The lowest BCUT2D eigenvalue weighted by Gasteiger charge is -2.18. The van der Waals surface area contributed by atoms with E-state index in [-0.39, 0.29) is 5.56 Å². The van der Waals surface area contributed by atoms with E-state index in [0.717, 1.165) is 29.6 Å². The molecule has 1 aromatic heterocycles. The second-order valence-corrected chi connectivity index (χ2v) is 4.74. The van der Waals surface area contributed by atoms with E-state index in [9.17, 15) is 4.79 Å². The number of pyridine rings is 1. The van der Waals surface area contributed by atoms with Gasteiger partial charge < -0.3 is 9.88 Å². The Morgan fingerprint density at radius 1 is 1.18 bits per heavy atom. The third kappa shape index (κ3) is 1.82. The third-order valence-electron chi connectivity index (χ3n) is 3.50. The monoisotopic (exact) mass is 228 g/mol. The van der Waals surface area contributed by atoms with Gasteiger partial charge in [0.1, 0.15) is 0 Å². The molecule has 88 valence electrons. The van der Waals surface area contributed by atoms with Gasteiger partial charge in [-0.3, -0.25) is 4.79 Å². The molecule has 0 saturated carbocycles. The maximum atomic E-state index is 11.4. The van der Waals surface area contributed by atoms with Crippen LogP contribution in [0, 0.1) is 6.92 Å². The first-order chi connectivity index (χ1) is 8.24. The lowest BCUT2D eigenvalue weighted by atomic mass is 10.1. The predicted molar refractivity (Wildman–Crippen MR) is 70.8 cm³/mol. The zero-order valence-electron chi connectivity index (χ0n) is 9.99. The number of H-pyrrole nitrogens is 1. The molecule has 0 unspecified atom stereocenters. The largest absolute Gasteiger partial charge is 0.372 e. The van der Waals surface area contributed by atoms with Gasteiger partial charge in [-0.05, 0) is 43.5 Å². The van der Waals surface area contributed by atoms with Crippen molar-refractivity contribution in [3.63, 3.8) is 0 Å². The van der Waals surface area contributed by atoms with Crippen LogP contribution >= 0.6 is 0 Å².